The number of carboxylic acid groups (broad SMARTS) is 1. The Morgan fingerprint density at radius 1 is 1.26 bits per heavy atom. The second-order valence-electron chi connectivity index (χ2n) is 3.13. The van der Waals surface area contributed by atoms with Crippen molar-refractivity contribution in [3.63, 3.8) is 0 Å². The number of anilines is 1. The van der Waals surface area contributed by atoms with Crippen molar-refractivity contribution in [3.8, 4) is 5.88 Å². The lowest BCUT2D eigenvalue weighted by molar-refractivity contribution is -0.276. The summed E-state index contributed by atoms with van der Waals surface area (Å²) in [7, 11) is 0. The highest BCUT2D eigenvalue weighted by molar-refractivity contribution is 5.90. The van der Waals surface area contributed by atoms with Crippen LogP contribution in [0.25, 0.3) is 0 Å². The number of aromatic nitrogens is 1. The summed E-state index contributed by atoms with van der Waals surface area (Å²) in [5.74, 6) is -3.60. The largest absolute Gasteiger partial charge is 0.574 e. The zero-order valence-corrected chi connectivity index (χ0v) is 8.63. The van der Waals surface area contributed by atoms with Crippen LogP contribution >= 0.6 is 0 Å². The third-order valence-corrected chi connectivity index (χ3v) is 1.73. The Hall–Kier alpha value is -2.20. The lowest BCUT2D eigenvalue weighted by Gasteiger charge is -2.14. The molecule has 0 aliphatic carbocycles. The van der Waals surface area contributed by atoms with Gasteiger partial charge in [-0.2, -0.15) is 13.2 Å². The molecule has 1 aromatic heterocycles. The van der Waals surface area contributed by atoms with E-state index in [4.69, 9.17) is 10.8 Å². The number of nitrogen functional groups attached to an aromatic ring is 1. The molecule has 0 saturated carbocycles. The second kappa shape index (κ2) is 4.48. The number of nitrogens with two attached hydrogens (primary N) is 1. The number of carbonyl (C=O) groups is 1. The Balaban J connectivity index is 3.43. The fraction of sp³-hybridized carbons (Fsp3) is 0.250. The molecule has 0 unspecified atom stereocenters. The summed E-state index contributed by atoms with van der Waals surface area (Å²) in [5, 5.41) is 8.52. The first-order chi connectivity index (χ1) is 8.42. The zero-order chi connectivity index (χ0) is 15.0. The summed E-state index contributed by atoms with van der Waals surface area (Å²) >= 11 is 0. The first-order valence-electron chi connectivity index (χ1n) is 4.28. The molecule has 0 saturated heterocycles. The van der Waals surface area contributed by atoms with Gasteiger partial charge < -0.3 is 15.6 Å². The number of halogens is 6. The van der Waals surface area contributed by atoms with Crippen LogP contribution in [0.15, 0.2) is 6.07 Å². The molecule has 3 N–H and O–H groups in total. The van der Waals surface area contributed by atoms with E-state index in [2.05, 4.69) is 9.72 Å². The van der Waals surface area contributed by atoms with Crippen LogP contribution in [0.1, 0.15) is 16.1 Å². The Kier molecular flexibility index (Phi) is 3.50. The monoisotopic (exact) mass is 290 g/mol. The van der Waals surface area contributed by atoms with Crippen LogP contribution in [0.4, 0.5) is 32.0 Å². The minimum Gasteiger partial charge on any atom is -0.478 e. The van der Waals surface area contributed by atoms with Gasteiger partial charge in [0.05, 0.1) is 11.3 Å². The Bertz CT molecular complexity index is 510. The lowest BCUT2D eigenvalue weighted by atomic mass is 10.1. The third-order valence-electron chi connectivity index (χ3n) is 1.73. The average molecular weight is 290 g/mol. The number of nitrogens with zero attached hydrogens (tertiary/aromatic N) is 1. The molecule has 0 atom stereocenters. The smallest absolute Gasteiger partial charge is 0.478 e. The standard InChI is InChI=1S/C8H4F6N2O3/c9-7(10,11)4-2(6(17)18)1-3(15)5(16-4)19-8(12,13)14/h1H,15H2,(H,17,18). The van der Waals surface area contributed by atoms with Gasteiger partial charge in [0, 0.05) is 0 Å². The van der Waals surface area contributed by atoms with Crippen LogP contribution < -0.4 is 10.5 Å². The van der Waals surface area contributed by atoms with Gasteiger partial charge >= 0.3 is 18.5 Å². The second-order valence-corrected chi connectivity index (χ2v) is 3.13. The van der Waals surface area contributed by atoms with Crippen LogP contribution in [-0.2, 0) is 6.18 Å². The van der Waals surface area contributed by atoms with Gasteiger partial charge in [0.2, 0.25) is 5.88 Å². The highest BCUT2D eigenvalue weighted by atomic mass is 19.4. The van der Waals surface area contributed by atoms with Gasteiger partial charge in [-0.15, -0.1) is 13.2 Å². The maximum atomic E-state index is 12.4. The average Bonchev–Trinajstić information content (AvgIpc) is 2.16. The van der Waals surface area contributed by atoms with Crippen molar-refractivity contribution in [1.82, 2.24) is 4.98 Å². The van der Waals surface area contributed by atoms with Crippen LogP contribution in [0.2, 0.25) is 0 Å². The number of hydrogen-bond acceptors (Lipinski definition) is 4. The SMILES string of the molecule is Nc1cc(C(=O)O)c(C(F)(F)F)nc1OC(F)(F)F. The molecule has 19 heavy (non-hydrogen) atoms. The molecule has 0 aliphatic heterocycles. The van der Waals surface area contributed by atoms with Crippen LogP contribution in [0.3, 0.4) is 0 Å². The van der Waals surface area contributed by atoms with E-state index in [1.807, 2.05) is 0 Å². The number of pyridine rings is 1. The van der Waals surface area contributed by atoms with Gasteiger partial charge in [-0.05, 0) is 6.07 Å². The zero-order valence-electron chi connectivity index (χ0n) is 8.63. The molecule has 1 heterocycles. The summed E-state index contributed by atoms with van der Waals surface area (Å²) in [6.45, 7) is 0. The van der Waals surface area contributed by atoms with E-state index in [1.54, 1.807) is 0 Å². The van der Waals surface area contributed by atoms with Gasteiger partial charge in [-0.25, -0.2) is 9.78 Å². The number of ether oxygens (including phenoxy) is 1. The molecular formula is C8H4F6N2O3. The van der Waals surface area contributed by atoms with Crippen molar-refractivity contribution in [2.75, 3.05) is 5.73 Å². The molecule has 11 heteroatoms. The van der Waals surface area contributed by atoms with Crippen molar-refractivity contribution in [1.29, 1.82) is 0 Å². The summed E-state index contributed by atoms with van der Waals surface area (Å²) in [5.41, 5.74) is 0.567. The highest BCUT2D eigenvalue weighted by Crippen LogP contribution is 2.35. The van der Waals surface area contributed by atoms with E-state index in [9.17, 15) is 31.1 Å². The first-order valence-corrected chi connectivity index (χ1v) is 4.28. The van der Waals surface area contributed by atoms with Crippen molar-refractivity contribution in [3.05, 3.63) is 17.3 Å². The van der Waals surface area contributed by atoms with Gasteiger partial charge in [-0.3, -0.25) is 0 Å². The number of alkyl halides is 6. The number of hydrogen-bond donors (Lipinski definition) is 2. The number of rotatable bonds is 2. The van der Waals surface area contributed by atoms with Crippen molar-refractivity contribution >= 4 is 11.7 Å². The fourth-order valence-corrected chi connectivity index (χ4v) is 1.08. The Morgan fingerprint density at radius 2 is 1.79 bits per heavy atom. The summed E-state index contributed by atoms with van der Waals surface area (Å²) in [4.78, 5) is 13.0. The molecule has 106 valence electrons. The molecule has 0 fully saturated rings. The molecule has 0 spiro atoms. The summed E-state index contributed by atoms with van der Waals surface area (Å²) in [6.07, 6.45) is -10.6. The van der Waals surface area contributed by atoms with Gasteiger partial charge in [0.25, 0.3) is 0 Å². The quantitative estimate of drug-likeness (QED) is 0.816. The molecule has 0 amide bonds. The van der Waals surface area contributed by atoms with E-state index in [0.717, 1.165) is 0 Å². The van der Waals surface area contributed by atoms with Gasteiger partial charge in [0.1, 0.15) is 0 Å². The highest BCUT2D eigenvalue weighted by Gasteiger charge is 2.40. The van der Waals surface area contributed by atoms with Crippen molar-refractivity contribution < 1.29 is 41.0 Å². The van der Waals surface area contributed by atoms with E-state index in [1.165, 1.54) is 0 Å². The predicted octanol–water partition coefficient (Wildman–Crippen LogP) is 2.28. The fourth-order valence-electron chi connectivity index (χ4n) is 1.08. The van der Waals surface area contributed by atoms with Crippen LogP contribution in [0, 0.1) is 0 Å². The topological polar surface area (TPSA) is 85.4 Å². The van der Waals surface area contributed by atoms with Gasteiger partial charge in [-0.1, -0.05) is 0 Å². The molecule has 0 aromatic carbocycles. The third kappa shape index (κ3) is 3.63. The van der Waals surface area contributed by atoms with E-state index in [0.29, 0.717) is 0 Å². The Labute approximate surface area is 100 Å². The molecule has 0 radical (unpaired) electrons. The van der Waals surface area contributed by atoms with Gasteiger partial charge in [0.15, 0.2) is 5.69 Å². The Morgan fingerprint density at radius 3 is 2.16 bits per heavy atom. The number of carboxylic acids is 1. The molecular weight excluding hydrogens is 286 g/mol. The van der Waals surface area contributed by atoms with Crippen LogP contribution in [-0.4, -0.2) is 22.4 Å². The van der Waals surface area contributed by atoms with E-state index in [-0.39, 0.29) is 6.07 Å². The first kappa shape index (κ1) is 14.9. The summed E-state index contributed by atoms with van der Waals surface area (Å²) < 4.78 is 76.2. The maximum absolute atomic E-state index is 12.4. The van der Waals surface area contributed by atoms with Crippen LogP contribution in [0.5, 0.6) is 5.88 Å². The van der Waals surface area contributed by atoms with E-state index < -0.39 is 41.3 Å². The minimum atomic E-state index is -5.31. The van der Waals surface area contributed by atoms with E-state index >= 15 is 0 Å². The molecule has 0 aliphatic rings. The molecule has 1 rings (SSSR count). The predicted molar refractivity (Wildman–Crippen MR) is 47.3 cm³/mol. The lowest BCUT2D eigenvalue weighted by Crippen LogP contribution is -2.22. The summed E-state index contributed by atoms with van der Waals surface area (Å²) in [6, 6.07) is 0.194. The van der Waals surface area contributed by atoms with Crippen molar-refractivity contribution in [2.24, 2.45) is 0 Å². The molecule has 1 aromatic rings. The minimum absolute atomic E-state index is 0.194. The number of aromatic carboxylic acids is 1. The van der Waals surface area contributed by atoms with Crippen molar-refractivity contribution in [2.45, 2.75) is 12.5 Å². The molecule has 5 nitrogen and oxygen atoms in total. The maximum Gasteiger partial charge on any atom is 0.574 e. The normalized spacial score (nSPS) is 12.3. The molecule has 0 bridgehead atoms.